The van der Waals surface area contributed by atoms with Crippen LogP contribution in [0.5, 0.6) is 0 Å². The van der Waals surface area contributed by atoms with Crippen LogP contribution >= 0.6 is 0 Å². The Morgan fingerprint density at radius 2 is 1.75 bits per heavy atom. The van der Waals surface area contributed by atoms with E-state index in [-0.39, 0.29) is 12.5 Å². The Hall–Kier alpha value is -1.88. The molecule has 1 aromatic carbocycles. The van der Waals surface area contributed by atoms with Gasteiger partial charge in [0.05, 0.1) is 18.6 Å². The number of esters is 2. The van der Waals surface area contributed by atoms with Crippen LogP contribution in [0.15, 0.2) is 24.3 Å². The maximum atomic E-state index is 12.1. The first-order valence-electron chi connectivity index (χ1n) is 6.39. The molecule has 0 bridgehead atoms. The summed E-state index contributed by atoms with van der Waals surface area (Å²) in [6.07, 6.45) is 0. The fourth-order valence-corrected chi connectivity index (χ4v) is 1.71. The van der Waals surface area contributed by atoms with Crippen LogP contribution in [0.4, 0.5) is 0 Å². The molecule has 0 radical (unpaired) electrons. The van der Waals surface area contributed by atoms with Crippen LogP contribution < -0.4 is 5.73 Å². The Morgan fingerprint density at radius 1 is 1.20 bits per heavy atom. The molecule has 0 aliphatic carbocycles. The summed E-state index contributed by atoms with van der Waals surface area (Å²) >= 11 is 0. The highest BCUT2D eigenvalue weighted by atomic mass is 16.6. The van der Waals surface area contributed by atoms with Crippen molar-refractivity contribution in [1.82, 2.24) is 0 Å². The van der Waals surface area contributed by atoms with E-state index in [0.29, 0.717) is 5.56 Å². The van der Waals surface area contributed by atoms with Crippen molar-refractivity contribution in [3.05, 3.63) is 35.4 Å². The van der Waals surface area contributed by atoms with E-state index in [1.165, 1.54) is 7.11 Å². The smallest absolute Gasteiger partial charge is 0.337 e. The lowest BCUT2D eigenvalue weighted by molar-refractivity contribution is -0.156. The van der Waals surface area contributed by atoms with Gasteiger partial charge in [0.15, 0.2) is 0 Å². The van der Waals surface area contributed by atoms with Gasteiger partial charge in [-0.1, -0.05) is 12.1 Å². The number of benzene rings is 1. The molecule has 0 saturated heterocycles. The minimum absolute atomic E-state index is 0.145. The summed E-state index contributed by atoms with van der Waals surface area (Å²) in [7, 11) is 1.32. The van der Waals surface area contributed by atoms with Gasteiger partial charge < -0.3 is 15.2 Å². The van der Waals surface area contributed by atoms with Crippen LogP contribution in [-0.4, -0.2) is 31.2 Å². The number of carbonyl (C=O) groups is 2. The Morgan fingerprint density at radius 3 is 2.15 bits per heavy atom. The van der Waals surface area contributed by atoms with Crippen molar-refractivity contribution in [2.24, 2.45) is 5.73 Å². The second-order valence-electron chi connectivity index (χ2n) is 5.44. The van der Waals surface area contributed by atoms with Gasteiger partial charge in [0, 0.05) is 6.54 Å². The molecule has 1 aromatic rings. The summed E-state index contributed by atoms with van der Waals surface area (Å²) < 4.78 is 9.95. The van der Waals surface area contributed by atoms with E-state index < -0.39 is 17.5 Å². The molecule has 5 heteroatoms. The molecule has 20 heavy (non-hydrogen) atoms. The minimum Gasteiger partial charge on any atom is -0.465 e. The quantitative estimate of drug-likeness (QED) is 0.851. The lowest BCUT2D eigenvalue weighted by Gasteiger charge is -2.23. The van der Waals surface area contributed by atoms with Gasteiger partial charge in [-0.25, -0.2) is 4.79 Å². The lowest BCUT2D eigenvalue weighted by Crippen LogP contribution is -2.31. The van der Waals surface area contributed by atoms with Crippen LogP contribution in [0.1, 0.15) is 42.6 Å². The fourth-order valence-electron chi connectivity index (χ4n) is 1.71. The average molecular weight is 279 g/mol. The zero-order valence-corrected chi connectivity index (χ0v) is 12.3. The second kappa shape index (κ2) is 6.52. The first kappa shape index (κ1) is 16.2. The monoisotopic (exact) mass is 279 g/mol. The molecule has 1 rings (SSSR count). The Balaban J connectivity index is 2.90. The average Bonchev–Trinajstić information content (AvgIpc) is 2.37. The van der Waals surface area contributed by atoms with Crippen molar-refractivity contribution in [1.29, 1.82) is 0 Å². The van der Waals surface area contributed by atoms with E-state index in [9.17, 15) is 9.59 Å². The number of rotatable bonds is 4. The molecule has 0 fully saturated rings. The molecule has 0 amide bonds. The molecule has 0 aliphatic rings. The first-order chi connectivity index (χ1) is 9.28. The lowest BCUT2D eigenvalue weighted by atomic mass is 9.98. The second-order valence-corrected chi connectivity index (χ2v) is 5.44. The molecule has 0 heterocycles. The zero-order chi connectivity index (χ0) is 15.3. The molecule has 1 atom stereocenters. The number of nitrogens with two attached hydrogens (primary N) is 1. The fraction of sp³-hybridized carbons (Fsp3) is 0.467. The van der Waals surface area contributed by atoms with Gasteiger partial charge in [0.1, 0.15) is 5.60 Å². The highest BCUT2D eigenvalue weighted by Crippen LogP contribution is 2.20. The van der Waals surface area contributed by atoms with Crippen LogP contribution in [0.25, 0.3) is 0 Å². The Labute approximate surface area is 119 Å². The van der Waals surface area contributed by atoms with Crippen molar-refractivity contribution < 1.29 is 19.1 Å². The van der Waals surface area contributed by atoms with Crippen LogP contribution in [0.2, 0.25) is 0 Å². The van der Waals surface area contributed by atoms with Gasteiger partial charge in [-0.05, 0) is 38.5 Å². The maximum absolute atomic E-state index is 12.1. The highest BCUT2D eigenvalue weighted by molar-refractivity contribution is 5.89. The summed E-state index contributed by atoms with van der Waals surface area (Å²) in [6, 6.07) is 6.59. The van der Waals surface area contributed by atoms with E-state index >= 15 is 0 Å². The topological polar surface area (TPSA) is 78.6 Å². The van der Waals surface area contributed by atoms with E-state index in [1.807, 2.05) is 0 Å². The van der Waals surface area contributed by atoms with E-state index in [0.717, 1.165) is 5.56 Å². The van der Waals surface area contributed by atoms with Crippen LogP contribution in [0, 0.1) is 0 Å². The summed E-state index contributed by atoms with van der Waals surface area (Å²) in [4.78, 5) is 23.4. The summed E-state index contributed by atoms with van der Waals surface area (Å²) in [5.41, 5.74) is 6.24. The number of hydrogen-bond acceptors (Lipinski definition) is 5. The van der Waals surface area contributed by atoms with Crippen LogP contribution in [-0.2, 0) is 14.3 Å². The first-order valence-corrected chi connectivity index (χ1v) is 6.39. The Kier molecular flexibility index (Phi) is 5.27. The predicted molar refractivity (Wildman–Crippen MR) is 75.4 cm³/mol. The van der Waals surface area contributed by atoms with Crippen molar-refractivity contribution >= 4 is 11.9 Å². The van der Waals surface area contributed by atoms with E-state index in [1.54, 1.807) is 45.0 Å². The maximum Gasteiger partial charge on any atom is 0.337 e. The molecule has 0 spiro atoms. The van der Waals surface area contributed by atoms with Crippen molar-refractivity contribution in [3.8, 4) is 0 Å². The van der Waals surface area contributed by atoms with Crippen molar-refractivity contribution in [3.63, 3.8) is 0 Å². The van der Waals surface area contributed by atoms with Gasteiger partial charge in [0.2, 0.25) is 0 Å². The third kappa shape index (κ3) is 4.35. The third-order valence-electron chi connectivity index (χ3n) is 2.66. The predicted octanol–water partition coefficient (Wildman–Crippen LogP) is 1.86. The van der Waals surface area contributed by atoms with E-state index in [4.69, 9.17) is 10.5 Å². The van der Waals surface area contributed by atoms with Crippen molar-refractivity contribution in [2.45, 2.75) is 32.3 Å². The molecule has 1 unspecified atom stereocenters. The number of hydrogen-bond donors (Lipinski definition) is 1. The standard InChI is InChI=1S/C15H21NO4/c1-15(2,3)20-14(18)12(9-16)10-5-7-11(8-6-10)13(17)19-4/h5-8,12H,9,16H2,1-4H3. The zero-order valence-electron chi connectivity index (χ0n) is 12.3. The molecule has 0 saturated carbocycles. The van der Waals surface area contributed by atoms with Gasteiger partial charge >= 0.3 is 11.9 Å². The van der Waals surface area contributed by atoms with Gasteiger partial charge in [-0.15, -0.1) is 0 Å². The molecular weight excluding hydrogens is 258 g/mol. The number of ether oxygens (including phenoxy) is 2. The molecule has 2 N–H and O–H groups in total. The third-order valence-corrected chi connectivity index (χ3v) is 2.66. The van der Waals surface area contributed by atoms with E-state index in [2.05, 4.69) is 4.74 Å². The van der Waals surface area contributed by atoms with Crippen LogP contribution in [0.3, 0.4) is 0 Å². The highest BCUT2D eigenvalue weighted by Gasteiger charge is 2.25. The van der Waals surface area contributed by atoms with Crippen molar-refractivity contribution in [2.75, 3.05) is 13.7 Å². The molecule has 5 nitrogen and oxygen atoms in total. The van der Waals surface area contributed by atoms with Gasteiger partial charge in [-0.2, -0.15) is 0 Å². The Bertz CT molecular complexity index is 474. The van der Waals surface area contributed by atoms with Gasteiger partial charge in [0.25, 0.3) is 0 Å². The van der Waals surface area contributed by atoms with Gasteiger partial charge in [-0.3, -0.25) is 4.79 Å². The summed E-state index contributed by atoms with van der Waals surface area (Å²) in [5.74, 6) is -1.33. The number of carbonyl (C=O) groups excluding carboxylic acids is 2. The normalized spacial score (nSPS) is 12.7. The summed E-state index contributed by atoms with van der Waals surface area (Å²) in [6.45, 7) is 5.56. The number of methoxy groups -OCH3 is 1. The minimum atomic E-state index is -0.559. The molecule has 0 aromatic heterocycles. The summed E-state index contributed by atoms with van der Waals surface area (Å²) in [5, 5.41) is 0. The SMILES string of the molecule is COC(=O)c1ccc(C(CN)C(=O)OC(C)(C)C)cc1. The largest absolute Gasteiger partial charge is 0.465 e. The molecular formula is C15H21NO4. The molecule has 0 aliphatic heterocycles. The molecule has 110 valence electrons.